The van der Waals surface area contributed by atoms with Crippen LogP contribution in [0.15, 0.2) is 24.3 Å². The van der Waals surface area contributed by atoms with Crippen molar-refractivity contribution in [2.75, 3.05) is 24.5 Å². The smallest absolute Gasteiger partial charge is 0.216 e. The van der Waals surface area contributed by atoms with Gasteiger partial charge in [-0.25, -0.2) is 4.98 Å². The van der Waals surface area contributed by atoms with Gasteiger partial charge in [-0.3, -0.25) is 4.79 Å². The number of hydrogen-bond acceptors (Lipinski definition) is 5. The first-order valence-electron chi connectivity index (χ1n) is 8.47. The molecule has 2 heterocycles. The lowest BCUT2D eigenvalue weighted by molar-refractivity contribution is -0.119. The van der Waals surface area contributed by atoms with Gasteiger partial charge in [0.25, 0.3) is 0 Å². The minimum atomic E-state index is 0.0577. The molecule has 0 bridgehead atoms. The minimum absolute atomic E-state index is 0.0577. The zero-order valence-electron chi connectivity index (χ0n) is 14.3. The SMILES string of the molecule is CC(=O)NCC1CCN(c2nc(Cc3ccc(C)cc3)ns2)CC1. The van der Waals surface area contributed by atoms with Crippen LogP contribution >= 0.6 is 11.5 Å². The zero-order chi connectivity index (χ0) is 16.9. The Bertz CT molecular complexity index is 675. The quantitative estimate of drug-likeness (QED) is 0.906. The highest BCUT2D eigenvalue weighted by Crippen LogP contribution is 2.25. The Kier molecular flexibility index (Phi) is 5.45. The van der Waals surface area contributed by atoms with E-state index in [4.69, 9.17) is 4.98 Å². The maximum absolute atomic E-state index is 11.0. The number of benzene rings is 1. The van der Waals surface area contributed by atoms with Crippen molar-refractivity contribution in [1.29, 1.82) is 0 Å². The molecular weight excluding hydrogens is 320 g/mol. The van der Waals surface area contributed by atoms with Crippen molar-refractivity contribution in [2.45, 2.75) is 33.1 Å². The summed E-state index contributed by atoms with van der Waals surface area (Å²) in [5.74, 6) is 1.53. The predicted molar refractivity (Wildman–Crippen MR) is 97.5 cm³/mol. The molecular formula is C18H24N4OS. The molecule has 2 aromatic rings. The van der Waals surface area contributed by atoms with E-state index < -0.39 is 0 Å². The van der Waals surface area contributed by atoms with Gasteiger partial charge in [0.15, 0.2) is 0 Å². The third-order valence-corrected chi connectivity index (χ3v) is 5.28. The van der Waals surface area contributed by atoms with E-state index in [1.807, 2.05) is 0 Å². The van der Waals surface area contributed by atoms with E-state index in [1.54, 1.807) is 6.92 Å². The van der Waals surface area contributed by atoms with Crippen molar-refractivity contribution < 1.29 is 4.79 Å². The number of rotatable bonds is 5. The molecule has 6 heteroatoms. The van der Waals surface area contributed by atoms with Gasteiger partial charge in [-0.05, 0) is 31.2 Å². The van der Waals surface area contributed by atoms with Gasteiger partial charge in [0, 0.05) is 44.5 Å². The van der Waals surface area contributed by atoms with E-state index in [0.29, 0.717) is 5.92 Å². The largest absolute Gasteiger partial charge is 0.356 e. The highest BCUT2D eigenvalue weighted by Gasteiger charge is 2.22. The number of piperidine rings is 1. The van der Waals surface area contributed by atoms with Crippen LogP contribution in [0.4, 0.5) is 5.13 Å². The van der Waals surface area contributed by atoms with Crippen LogP contribution in [0.2, 0.25) is 0 Å². The molecule has 1 aliphatic rings. The average Bonchev–Trinajstić information content (AvgIpc) is 3.04. The molecule has 1 fully saturated rings. The highest BCUT2D eigenvalue weighted by atomic mass is 32.1. The summed E-state index contributed by atoms with van der Waals surface area (Å²) in [4.78, 5) is 18.0. The molecule has 0 unspecified atom stereocenters. The van der Waals surface area contributed by atoms with Crippen molar-refractivity contribution >= 4 is 22.6 Å². The predicted octanol–water partition coefficient (Wildman–Crippen LogP) is 2.79. The van der Waals surface area contributed by atoms with Crippen molar-refractivity contribution in [3.05, 3.63) is 41.2 Å². The van der Waals surface area contributed by atoms with Crippen molar-refractivity contribution in [1.82, 2.24) is 14.7 Å². The molecule has 1 aromatic carbocycles. The molecule has 128 valence electrons. The van der Waals surface area contributed by atoms with Crippen LogP contribution in [0.1, 0.15) is 36.7 Å². The van der Waals surface area contributed by atoms with Gasteiger partial charge in [0.1, 0.15) is 5.82 Å². The van der Waals surface area contributed by atoms with E-state index in [2.05, 4.69) is 45.8 Å². The summed E-state index contributed by atoms with van der Waals surface area (Å²) < 4.78 is 4.52. The van der Waals surface area contributed by atoms with Crippen molar-refractivity contribution in [3.8, 4) is 0 Å². The standard InChI is InChI=1S/C18H24N4OS/c1-13-3-5-15(6-4-13)11-17-20-18(24-21-17)22-9-7-16(8-10-22)12-19-14(2)23/h3-6,16H,7-12H2,1-2H3,(H,19,23). The summed E-state index contributed by atoms with van der Waals surface area (Å²) >= 11 is 1.49. The topological polar surface area (TPSA) is 58.1 Å². The number of carbonyl (C=O) groups is 1. The Morgan fingerprint density at radius 3 is 2.67 bits per heavy atom. The Labute approximate surface area is 147 Å². The lowest BCUT2D eigenvalue weighted by atomic mass is 9.97. The molecule has 1 aromatic heterocycles. The van der Waals surface area contributed by atoms with Gasteiger partial charge < -0.3 is 10.2 Å². The van der Waals surface area contributed by atoms with Crippen LogP contribution in [0.3, 0.4) is 0 Å². The second-order valence-corrected chi connectivity index (χ2v) is 7.25. The third-order valence-electron chi connectivity index (χ3n) is 4.46. The fraction of sp³-hybridized carbons (Fsp3) is 0.500. The first-order chi connectivity index (χ1) is 11.6. The summed E-state index contributed by atoms with van der Waals surface area (Å²) in [5.41, 5.74) is 2.52. The Morgan fingerprint density at radius 2 is 2.00 bits per heavy atom. The van der Waals surface area contributed by atoms with Crippen LogP contribution in [0, 0.1) is 12.8 Å². The van der Waals surface area contributed by atoms with Crippen LogP contribution in [-0.4, -0.2) is 34.9 Å². The summed E-state index contributed by atoms with van der Waals surface area (Å²) in [7, 11) is 0. The number of hydrogen-bond donors (Lipinski definition) is 1. The second kappa shape index (κ2) is 7.75. The average molecular weight is 344 g/mol. The number of nitrogens with one attached hydrogen (secondary N) is 1. The number of aromatic nitrogens is 2. The number of nitrogens with zero attached hydrogens (tertiary/aromatic N) is 3. The van der Waals surface area contributed by atoms with E-state index >= 15 is 0 Å². The first kappa shape index (κ1) is 16.9. The molecule has 0 radical (unpaired) electrons. The lowest BCUT2D eigenvalue weighted by Crippen LogP contribution is -2.38. The normalized spacial score (nSPS) is 15.5. The third kappa shape index (κ3) is 4.54. The van der Waals surface area contributed by atoms with E-state index in [9.17, 15) is 4.79 Å². The molecule has 0 aliphatic carbocycles. The van der Waals surface area contributed by atoms with Crippen LogP contribution in [0.5, 0.6) is 0 Å². The number of aryl methyl sites for hydroxylation is 1. The van der Waals surface area contributed by atoms with Gasteiger partial charge in [0.05, 0.1) is 0 Å². The van der Waals surface area contributed by atoms with Crippen LogP contribution in [-0.2, 0) is 11.2 Å². The van der Waals surface area contributed by atoms with Crippen LogP contribution in [0.25, 0.3) is 0 Å². The van der Waals surface area contributed by atoms with Gasteiger partial charge in [-0.15, -0.1) is 0 Å². The molecule has 5 nitrogen and oxygen atoms in total. The molecule has 1 aliphatic heterocycles. The molecule has 0 spiro atoms. The van der Waals surface area contributed by atoms with Crippen molar-refractivity contribution in [3.63, 3.8) is 0 Å². The maximum Gasteiger partial charge on any atom is 0.216 e. The first-order valence-corrected chi connectivity index (χ1v) is 9.25. The number of amides is 1. The lowest BCUT2D eigenvalue weighted by Gasteiger charge is -2.31. The summed E-state index contributed by atoms with van der Waals surface area (Å²) in [6.07, 6.45) is 2.97. The number of carbonyl (C=O) groups excluding carboxylic acids is 1. The molecule has 0 atom stereocenters. The van der Waals surface area contributed by atoms with E-state index in [-0.39, 0.29) is 5.91 Å². The Hall–Kier alpha value is -1.95. The van der Waals surface area contributed by atoms with Gasteiger partial charge in [-0.1, -0.05) is 29.8 Å². The monoisotopic (exact) mass is 344 g/mol. The number of anilines is 1. The van der Waals surface area contributed by atoms with Gasteiger partial charge in [0.2, 0.25) is 11.0 Å². The fourth-order valence-electron chi connectivity index (χ4n) is 2.95. The maximum atomic E-state index is 11.0. The molecule has 1 N–H and O–H groups in total. The summed E-state index contributed by atoms with van der Waals surface area (Å²) in [6, 6.07) is 8.54. The van der Waals surface area contributed by atoms with Crippen molar-refractivity contribution in [2.24, 2.45) is 5.92 Å². The highest BCUT2D eigenvalue weighted by molar-refractivity contribution is 7.09. The van der Waals surface area contributed by atoms with Gasteiger partial charge >= 0.3 is 0 Å². The molecule has 1 saturated heterocycles. The van der Waals surface area contributed by atoms with E-state index in [0.717, 1.165) is 49.9 Å². The molecule has 3 rings (SSSR count). The Morgan fingerprint density at radius 1 is 1.29 bits per heavy atom. The van der Waals surface area contributed by atoms with E-state index in [1.165, 1.54) is 22.7 Å². The molecule has 24 heavy (non-hydrogen) atoms. The molecule has 1 amide bonds. The summed E-state index contributed by atoms with van der Waals surface area (Å²) in [5, 5.41) is 3.95. The molecule has 0 saturated carbocycles. The zero-order valence-corrected chi connectivity index (χ0v) is 15.1. The fourth-order valence-corrected chi connectivity index (χ4v) is 3.69. The van der Waals surface area contributed by atoms with Crippen LogP contribution < -0.4 is 10.2 Å². The minimum Gasteiger partial charge on any atom is -0.356 e. The second-order valence-electron chi connectivity index (χ2n) is 6.52. The van der Waals surface area contributed by atoms with Gasteiger partial charge in [-0.2, -0.15) is 4.37 Å². The summed E-state index contributed by atoms with van der Waals surface area (Å²) in [6.45, 7) is 6.44. The Balaban J connectivity index is 1.53.